The number of pyridine rings is 1. The highest BCUT2D eigenvalue weighted by Crippen LogP contribution is 2.47. The van der Waals surface area contributed by atoms with Gasteiger partial charge in [0.1, 0.15) is 11.9 Å². The normalized spacial score (nSPS) is 17.7. The molecule has 1 aliphatic rings. The van der Waals surface area contributed by atoms with Gasteiger partial charge in [0.25, 0.3) is 0 Å². The summed E-state index contributed by atoms with van der Waals surface area (Å²) in [5.41, 5.74) is 3.41. The molecule has 0 aliphatic carbocycles. The molecule has 3 nitrogen and oxygen atoms in total. The van der Waals surface area contributed by atoms with Crippen LogP contribution in [0, 0.1) is 5.82 Å². The number of hydrogen-bond acceptors (Lipinski definition) is 3. The van der Waals surface area contributed by atoms with Gasteiger partial charge in [-0.3, -0.25) is 4.98 Å². The molecule has 1 aromatic heterocycles. The van der Waals surface area contributed by atoms with Crippen LogP contribution in [0.25, 0.3) is 5.70 Å². The number of aliphatic hydroxyl groups excluding tert-OH is 1. The summed E-state index contributed by atoms with van der Waals surface area (Å²) in [5.74, 6) is -0.758. The fraction of sp³-hybridized carbons (Fsp3) is 0.174. The Kier molecular flexibility index (Phi) is 5.59. The zero-order chi connectivity index (χ0) is 20.5. The Balaban J connectivity index is 1.94. The summed E-state index contributed by atoms with van der Waals surface area (Å²) in [4.78, 5) is 6.13. The maximum atomic E-state index is 14.8. The molecule has 148 valence electrons. The number of aromatic nitrogens is 1. The van der Waals surface area contributed by atoms with E-state index in [1.807, 2.05) is 42.3 Å². The molecule has 2 aromatic carbocycles. The summed E-state index contributed by atoms with van der Waals surface area (Å²) in [6, 6.07) is 15.7. The Morgan fingerprint density at radius 1 is 1.14 bits per heavy atom. The third-order valence-electron chi connectivity index (χ3n) is 5.25. The molecule has 0 radical (unpaired) electrons. The van der Waals surface area contributed by atoms with Crippen molar-refractivity contribution in [3.63, 3.8) is 0 Å². The minimum absolute atomic E-state index is 0.335. The van der Waals surface area contributed by atoms with Crippen molar-refractivity contribution in [1.82, 2.24) is 9.88 Å². The lowest BCUT2D eigenvalue weighted by molar-refractivity contribution is 0.209. The van der Waals surface area contributed by atoms with Gasteiger partial charge in [-0.25, -0.2) is 4.39 Å². The van der Waals surface area contributed by atoms with Crippen LogP contribution in [-0.4, -0.2) is 28.6 Å². The standard InChI is InChI=1S/C23H19Cl2FN2O/c1-28-13-18(16-9-8-15(24)11-20(16)26)21(23(29)14-5-4-10-27-12-14)22(28)17-6-2-3-7-19(17)25/h2-12,18,23,29H,13H2,1H3. The Morgan fingerprint density at radius 3 is 2.62 bits per heavy atom. The first-order valence-corrected chi connectivity index (χ1v) is 9.96. The van der Waals surface area contributed by atoms with Crippen molar-refractivity contribution in [1.29, 1.82) is 0 Å². The smallest absolute Gasteiger partial charge is 0.128 e. The van der Waals surface area contributed by atoms with Crippen LogP contribution >= 0.6 is 23.2 Å². The molecule has 3 aromatic rings. The SMILES string of the molecule is CN1CC(c2ccc(Cl)cc2F)C(C(O)c2cccnc2)=C1c1ccccc1Cl. The molecule has 0 spiro atoms. The monoisotopic (exact) mass is 428 g/mol. The minimum atomic E-state index is -0.958. The molecule has 2 atom stereocenters. The van der Waals surface area contributed by atoms with Crippen molar-refractivity contribution in [2.45, 2.75) is 12.0 Å². The van der Waals surface area contributed by atoms with Crippen LogP contribution in [0.15, 0.2) is 72.6 Å². The van der Waals surface area contributed by atoms with Gasteiger partial charge in [-0.05, 0) is 35.4 Å². The zero-order valence-corrected chi connectivity index (χ0v) is 17.2. The van der Waals surface area contributed by atoms with Gasteiger partial charge in [-0.1, -0.05) is 53.5 Å². The number of rotatable bonds is 4. The van der Waals surface area contributed by atoms with Gasteiger partial charge in [0.05, 0.1) is 0 Å². The molecule has 29 heavy (non-hydrogen) atoms. The minimum Gasteiger partial charge on any atom is -0.384 e. The lowest BCUT2D eigenvalue weighted by Crippen LogP contribution is -2.16. The second-order valence-corrected chi connectivity index (χ2v) is 7.92. The zero-order valence-electron chi connectivity index (χ0n) is 15.7. The van der Waals surface area contributed by atoms with E-state index in [4.69, 9.17) is 23.2 Å². The van der Waals surface area contributed by atoms with E-state index in [2.05, 4.69) is 4.98 Å². The highest BCUT2D eigenvalue weighted by molar-refractivity contribution is 6.32. The summed E-state index contributed by atoms with van der Waals surface area (Å²) >= 11 is 12.4. The Morgan fingerprint density at radius 2 is 1.93 bits per heavy atom. The van der Waals surface area contributed by atoms with E-state index in [9.17, 15) is 9.50 Å². The molecule has 2 unspecified atom stereocenters. The summed E-state index contributed by atoms with van der Waals surface area (Å²) < 4.78 is 14.8. The number of nitrogens with zero attached hydrogens (tertiary/aromatic N) is 2. The number of benzene rings is 2. The van der Waals surface area contributed by atoms with Crippen LogP contribution in [0.4, 0.5) is 4.39 Å². The molecule has 4 rings (SSSR count). The van der Waals surface area contributed by atoms with Crippen molar-refractivity contribution in [2.24, 2.45) is 0 Å². The first-order valence-electron chi connectivity index (χ1n) is 9.20. The number of aliphatic hydroxyl groups is 1. The van der Waals surface area contributed by atoms with E-state index in [1.54, 1.807) is 30.6 Å². The lowest BCUT2D eigenvalue weighted by Gasteiger charge is -2.21. The van der Waals surface area contributed by atoms with Crippen molar-refractivity contribution < 1.29 is 9.50 Å². The second kappa shape index (κ2) is 8.15. The molecule has 0 amide bonds. The summed E-state index contributed by atoms with van der Waals surface area (Å²) in [5, 5.41) is 12.2. The third kappa shape index (κ3) is 3.76. The molecular weight excluding hydrogens is 410 g/mol. The van der Waals surface area contributed by atoms with E-state index < -0.39 is 11.9 Å². The van der Waals surface area contributed by atoms with Gasteiger partial charge in [-0.15, -0.1) is 0 Å². The Hall–Kier alpha value is -2.40. The highest BCUT2D eigenvalue weighted by Gasteiger charge is 2.37. The second-order valence-electron chi connectivity index (χ2n) is 7.07. The topological polar surface area (TPSA) is 36.4 Å². The van der Waals surface area contributed by atoms with Gasteiger partial charge >= 0.3 is 0 Å². The largest absolute Gasteiger partial charge is 0.384 e. The van der Waals surface area contributed by atoms with Crippen molar-refractivity contribution in [2.75, 3.05) is 13.6 Å². The van der Waals surface area contributed by atoms with Crippen LogP contribution < -0.4 is 0 Å². The molecule has 1 N–H and O–H groups in total. The van der Waals surface area contributed by atoms with Gasteiger partial charge in [0.2, 0.25) is 0 Å². The summed E-state index contributed by atoms with van der Waals surface area (Å²) in [7, 11) is 1.92. The van der Waals surface area contributed by atoms with Crippen LogP contribution in [0.3, 0.4) is 0 Å². The molecule has 1 aliphatic heterocycles. The highest BCUT2D eigenvalue weighted by atomic mass is 35.5. The predicted molar refractivity (Wildman–Crippen MR) is 114 cm³/mol. The average Bonchev–Trinajstić information content (AvgIpc) is 3.05. The number of halogens is 3. The number of hydrogen-bond donors (Lipinski definition) is 1. The van der Waals surface area contributed by atoms with Crippen molar-refractivity contribution >= 4 is 28.9 Å². The van der Waals surface area contributed by atoms with E-state index in [0.717, 1.165) is 11.3 Å². The molecular formula is C23H19Cl2FN2O. The van der Waals surface area contributed by atoms with Gasteiger partial charge in [-0.2, -0.15) is 0 Å². The van der Waals surface area contributed by atoms with Crippen LogP contribution in [0.2, 0.25) is 10.0 Å². The Bertz CT molecular complexity index is 1070. The first-order chi connectivity index (χ1) is 14.0. The third-order valence-corrected chi connectivity index (χ3v) is 5.81. The van der Waals surface area contributed by atoms with Gasteiger partial charge in [0.15, 0.2) is 0 Å². The molecule has 2 heterocycles. The molecule has 0 bridgehead atoms. The van der Waals surface area contributed by atoms with Gasteiger partial charge in [0, 0.05) is 58.8 Å². The van der Waals surface area contributed by atoms with Crippen molar-refractivity contribution in [3.8, 4) is 0 Å². The molecule has 0 fully saturated rings. The van der Waals surface area contributed by atoms with Crippen LogP contribution in [0.5, 0.6) is 0 Å². The van der Waals surface area contributed by atoms with Crippen LogP contribution in [-0.2, 0) is 0 Å². The fourth-order valence-corrected chi connectivity index (χ4v) is 4.33. The maximum absolute atomic E-state index is 14.8. The summed E-state index contributed by atoms with van der Waals surface area (Å²) in [6.07, 6.45) is 2.31. The summed E-state index contributed by atoms with van der Waals surface area (Å²) in [6.45, 7) is 0.506. The van der Waals surface area contributed by atoms with E-state index in [0.29, 0.717) is 33.3 Å². The fourth-order valence-electron chi connectivity index (χ4n) is 3.95. The number of likely N-dealkylation sites (N-methyl/N-ethyl adjacent to an activating group) is 1. The first kappa shape index (κ1) is 19.9. The Labute approximate surface area is 179 Å². The van der Waals surface area contributed by atoms with Crippen molar-refractivity contribution in [3.05, 3.63) is 105 Å². The van der Waals surface area contributed by atoms with E-state index >= 15 is 0 Å². The average molecular weight is 429 g/mol. The molecule has 0 saturated carbocycles. The van der Waals surface area contributed by atoms with Gasteiger partial charge < -0.3 is 10.0 Å². The molecule has 6 heteroatoms. The lowest BCUT2D eigenvalue weighted by atomic mass is 9.85. The molecule has 0 saturated heterocycles. The predicted octanol–water partition coefficient (Wildman–Crippen LogP) is 5.70. The maximum Gasteiger partial charge on any atom is 0.128 e. The van der Waals surface area contributed by atoms with Crippen LogP contribution in [0.1, 0.15) is 28.7 Å². The van der Waals surface area contributed by atoms with E-state index in [-0.39, 0.29) is 5.92 Å². The quantitative estimate of drug-likeness (QED) is 0.578. The van der Waals surface area contributed by atoms with E-state index in [1.165, 1.54) is 6.07 Å².